The summed E-state index contributed by atoms with van der Waals surface area (Å²) in [6.07, 6.45) is 0.819. The van der Waals surface area contributed by atoms with Crippen molar-refractivity contribution < 1.29 is 18.3 Å². The number of rotatable bonds is 6. The molecule has 0 spiro atoms. The molecule has 0 amide bonds. The van der Waals surface area contributed by atoms with E-state index in [1.165, 1.54) is 16.9 Å². The average Bonchev–Trinajstić information content (AvgIpc) is 2.92. The molecule has 0 saturated heterocycles. The molecule has 0 unspecified atom stereocenters. The number of benzene rings is 1. The maximum atomic E-state index is 13.8. The fraction of sp³-hybridized carbons (Fsp3) is 0.385. The molecule has 0 radical (unpaired) electrons. The van der Waals surface area contributed by atoms with E-state index in [0.717, 1.165) is 6.07 Å². The highest BCUT2D eigenvalue weighted by Crippen LogP contribution is 2.24. The molecule has 0 saturated carbocycles. The topological polar surface area (TPSA) is 49.2 Å². The Hall–Kier alpha value is -1.38. The predicted molar refractivity (Wildman–Crippen MR) is 75.0 cm³/mol. The second kappa shape index (κ2) is 7.06. The molecule has 1 aromatic carbocycles. The number of hydrogen-bond donors (Lipinski definition) is 0. The molecule has 0 aliphatic rings. The van der Waals surface area contributed by atoms with E-state index < -0.39 is 17.9 Å². The highest BCUT2D eigenvalue weighted by molar-refractivity contribution is 9.10. The summed E-state index contributed by atoms with van der Waals surface area (Å²) in [5.74, 6) is -1.42. The van der Waals surface area contributed by atoms with Crippen LogP contribution in [0.4, 0.5) is 8.78 Å². The Bertz CT molecular complexity index is 615. The molecule has 0 bridgehead atoms. The van der Waals surface area contributed by atoms with Crippen molar-refractivity contribution in [3.8, 4) is 5.69 Å². The minimum absolute atomic E-state index is 0.0776. The summed E-state index contributed by atoms with van der Waals surface area (Å²) >= 11 is 3.01. The van der Waals surface area contributed by atoms with Crippen LogP contribution in [0.5, 0.6) is 0 Å². The van der Waals surface area contributed by atoms with Crippen molar-refractivity contribution in [2.75, 3.05) is 13.2 Å². The Morgan fingerprint density at radius 1 is 1.19 bits per heavy atom. The molecule has 5 nitrogen and oxygen atoms in total. The second-order valence-electron chi connectivity index (χ2n) is 4.05. The first-order valence-electron chi connectivity index (χ1n) is 6.37. The smallest absolute Gasteiger partial charge is 0.204 e. The zero-order valence-electron chi connectivity index (χ0n) is 11.5. The molecular formula is C13H14BrF2N3O2. The highest BCUT2D eigenvalue weighted by atomic mass is 79.9. The van der Waals surface area contributed by atoms with Crippen LogP contribution in [0.3, 0.4) is 0 Å². The zero-order chi connectivity index (χ0) is 15.4. The molecule has 1 heterocycles. The van der Waals surface area contributed by atoms with Gasteiger partial charge < -0.3 is 9.47 Å². The Morgan fingerprint density at radius 2 is 1.86 bits per heavy atom. The van der Waals surface area contributed by atoms with Crippen LogP contribution in [0.1, 0.15) is 25.8 Å². The van der Waals surface area contributed by atoms with Crippen molar-refractivity contribution in [1.29, 1.82) is 0 Å². The first-order valence-corrected chi connectivity index (χ1v) is 7.16. The number of ether oxygens (including phenoxy) is 2. The summed E-state index contributed by atoms with van der Waals surface area (Å²) in [5, 5.41) is 7.74. The summed E-state index contributed by atoms with van der Waals surface area (Å²) in [6, 6.07) is 2.07. The molecule has 0 aliphatic carbocycles. The van der Waals surface area contributed by atoms with Crippen LogP contribution in [-0.2, 0) is 9.47 Å². The van der Waals surface area contributed by atoms with Crippen molar-refractivity contribution in [2.24, 2.45) is 0 Å². The van der Waals surface area contributed by atoms with Crippen molar-refractivity contribution in [3.63, 3.8) is 0 Å². The van der Waals surface area contributed by atoms with Crippen LogP contribution in [-0.4, -0.2) is 28.2 Å². The summed E-state index contributed by atoms with van der Waals surface area (Å²) < 4.78 is 39.2. The van der Waals surface area contributed by atoms with Gasteiger partial charge in [-0.3, -0.25) is 0 Å². The molecule has 2 aromatic rings. The lowest BCUT2D eigenvalue weighted by Gasteiger charge is -2.13. The first kappa shape index (κ1) is 16.0. The first-order chi connectivity index (χ1) is 10.1. The Morgan fingerprint density at radius 3 is 2.48 bits per heavy atom. The lowest BCUT2D eigenvalue weighted by molar-refractivity contribution is -0.142. The Labute approximate surface area is 129 Å². The van der Waals surface area contributed by atoms with E-state index >= 15 is 0 Å². The molecule has 0 N–H and O–H groups in total. The monoisotopic (exact) mass is 361 g/mol. The SMILES string of the molecule is CCOC(OCC)c1cn(-c2cc(Br)c(F)cc2F)nn1. The normalized spacial score (nSPS) is 11.3. The van der Waals surface area contributed by atoms with Gasteiger partial charge in [-0.1, -0.05) is 5.21 Å². The predicted octanol–water partition coefficient (Wildman–Crippen LogP) is 3.38. The van der Waals surface area contributed by atoms with Gasteiger partial charge >= 0.3 is 0 Å². The third kappa shape index (κ3) is 3.63. The maximum Gasteiger partial charge on any atom is 0.204 e. The van der Waals surface area contributed by atoms with Crippen LogP contribution >= 0.6 is 15.9 Å². The van der Waals surface area contributed by atoms with Gasteiger partial charge in [0.15, 0.2) is 5.82 Å². The number of nitrogens with zero attached hydrogens (tertiary/aromatic N) is 3. The average molecular weight is 362 g/mol. The van der Waals surface area contributed by atoms with Gasteiger partial charge in [0, 0.05) is 19.3 Å². The standard InChI is InChI=1S/C13H14BrF2N3O2/c1-3-20-13(21-4-2)11-7-19(18-17-11)12-5-8(14)9(15)6-10(12)16/h5-7,13H,3-4H2,1-2H3. The summed E-state index contributed by atoms with van der Waals surface area (Å²) in [7, 11) is 0. The van der Waals surface area contributed by atoms with Crippen molar-refractivity contribution in [3.05, 3.63) is 40.1 Å². The minimum atomic E-state index is -0.739. The van der Waals surface area contributed by atoms with Gasteiger partial charge in [0.25, 0.3) is 0 Å². The molecule has 21 heavy (non-hydrogen) atoms. The highest BCUT2D eigenvalue weighted by Gasteiger charge is 2.18. The van der Waals surface area contributed by atoms with Crippen molar-refractivity contribution >= 4 is 15.9 Å². The quantitative estimate of drug-likeness (QED) is 0.584. The van der Waals surface area contributed by atoms with E-state index in [1.807, 2.05) is 13.8 Å². The van der Waals surface area contributed by atoms with Gasteiger partial charge in [0.05, 0.1) is 10.7 Å². The van der Waals surface area contributed by atoms with E-state index in [2.05, 4.69) is 26.2 Å². The molecule has 2 rings (SSSR count). The molecule has 8 heteroatoms. The fourth-order valence-corrected chi connectivity index (χ4v) is 2.04. The van der Waals surface area contributed by atoms with Gasteiger partial charge in [-0.15, -0.1) is 5.10 Å². The zero-order valence-corrected chi connectivity index (χ0v) is 13.1. The van der Waals surface area contributed by atoms with E-state index in [0.29, 0.717) is 18.9 Å². The van der Waals surface area contributed by atoms with Crippen LogP contribution < -0.4 is 0 Å². The third-order valence-electron chi connectivity index (χ3n) is 2.63. The fourth-order valence-electron chi connectivity index (χ4n) is 1.71. The van der Waals surface area contributed by atoms with Crippen LogP contribution in [0.25, 0.3) is 5.69 Å². The van der Waals surface area contributed by atoms with Gasteiger partial charge in [-0.2, -0.15) is 0 Å². The lowest BCUT2D eigenvalue weighted by atomic mass is 10.3. The lowest BCUT2D eigenvalue weighted by Crippen LogP contribution is -2.09. The van der Waals surface area contributed by atoms with Gasteiger partial charge in [0.2, 0.25) is 6.29 Å². The van der Waals surface area contributed by atoms with Gasteiger partial charge in [0.1, 0.15) is 17.2 Å². The van der Waals surface area contributed by atoms with Crippen LogP contribution in [0, 0.1) is 11.6 Å². The second-order valence-corrected chi connectivity index (χ2v) is 4.90. The molecular weight excluding hydrogens is 348 g/mol. The Kier molecular flexibility index (Phi) is 5.38. The minimum Gasteiger partial charge on any atom is -0.347 e. The molecule has 114 valence electrons. The number of halogens is 3. The number of hydrogen-bond acceptors (Lipinski definition) is 4. The van der Waals surface area contributed by atoms with Crippen molar-refractivity contribution in [2.45, 2.75) is 20.1 Å². The maximum absolute atomic E-state index is 13.8. The summed E-state index contributed by atoms with van der Waals surface area (Å²) in [4.78, 5) is 0. The molecule has 0 fully saturated rings. The summed E-state index contributed by atoms with van der Waals surface area (Å²) in [5.41, 5.74) is 0.493. The van der Waals surface area contributed by atoms with Crippen LogP contribution in [0.2, 0.25) is 0 Å². The molecule has 1 aromatic heterocycles. The molecule has 0 atom stereocenters. The van der Waals surface area contributed by atoms with E-state index in [-0.39, 0.29) is 10.2 Å². The third-order valence-corrected chi connectivity index (χ3v) is 3.23. The number of aromatic nitrogens is 3. The van der Waals surface area contributed by atoms with E-state index in [4.69, 9.17) is 9.47 Å². The van der Waals surface area contributed by atoms with Gasteiger partial charge in [-0.25, -0.2) is 13.5 Å². The van der Waals surface area contributed by atoms with Crippen LogP contribution in [0.15, 0.2) is 22.8 Å². The largest absolute Gasteiger partial charge is 0.347 e. The molecule has 0 aliphatic heterocycles. The van der Waals surface area contributed by atoms with E-state index in [1.54, 1.807) is 0 Å². The summed E-state index contributed by atoms with van der Waals surface area (Å²) in [6.45, 7) is 4.53. The van der Waals surface area contributed by atoms with Gasteiger partial charge in [-0.05, 0) is 35.8 Å². The van der Waals surface area contributed by atoms with E-state index in [9.17, 15) is 8.78 Å². The van der Waals surface area contributed by atoms with Crippen molar-refractivity contribution in [1.82, 2.24) is 15.0 Å². The Balaban J connectivity index is 2.33.